The zero-order valence-electron chi connectivity index (χ0n) is 11.1. The number of rotatable bonds is 2. The first-order chi connectivity index (χ1) is 10.7. The lowest BCUT2D eigenvalue weighted by atomic mass is 10.3. The number of hydrogen-bond donors (Lipinski definition) is 1. The number of nitrogens with one attached hydrogen (secondary N) is 2. The molecule has 0 aliphatic heterocycles. The van der Waals surface area contributed by atoms with Crippen molar-refractivity contribution in [1.29, 1.82) is 0 Å². The highest BCUT2D eigenvalue weighted by molar-refractivity contribution is 8.13. The molecule has 0 bridgehead atoms. The Morgan fingerprint density at radius 1 is 0.875 bits per heavy atom. The van der Waals surface area contributed by atoms with Gasteiger partial charge in [-0.3, -0.25) is 0 Å². The number of sulfonamides is 2. The predicted octanol–water partition coefficient (Wildman–Crippen LogP) is 2.04. The van der Waals surface area contributed by atoms with E-state index < -0.39 is 31.1 Å². The van der Waals surface area contributed by atoms with Crippen LogP contribution in [0.4, 0.5) is 26.3 Å². The van der Waals surface area contributed by atoms with Gasteiger partial charge < -0.3 is 4.13 Å². The maximum atomic E-state index is 11.4. The number of H-pyrrole nitrogens is 2. The first-order valence-electron chi connectivity index (χ1n) is 5.48. The molecule has 1 aromatic carbocycles. The van der Waals surface area contributed by atoms with Gasteiger partial charge in [0.15, 0.2) is 31.1 Å². The van der Waals surface area contributed by atoms with Crippen LogP contribution >= 0.6 is 0 Å². The van der Waals surface area contributed by atoms with Gasteiger partial charge in [-0.05, 0) is 12.1 Å². The molecule has 2 N–H and O–H groups in total. The molecule has 1 aromatic heterocycles. The average molecular weight is 399 g/mol. The van der Waals surface area contributed by atoms with Crippen LogP contribution in [-0.2, 0) is 20.0 Å². The van der Waals surface area contributed by atoms with E-state index in [9.17, 15) is 43.2 Å². The molecule has 0 unspecified atom stereocenters. The van der Waals surface area contributed by atoms with Gasteiger partial charge in [0.2, 0.25) is 6.33 Å². The van der Waals surface area contributed by atoms with Crippen LogP contribution in [0, 0.1) is 0 Å². The minimum atomic E-state index is -6.72. The molecule has 136 valence electrons. The molecular weight excluding hydrogens is 392 g/mol. The number of nitrogens with zero attached hydrogens (tertiary/aromatic N) is 1. The van der Waals surface area contributed by atoms with Gasteiger partial charge >= 0.3 is 11.0 Å². The number of benzene rings is 1. The summed E-state index contributed by atoms with van der Waals surface area (Å²) >= 11 is 0. The predicted molar refractivity (Wildman–Crippen MR) is 68.2 cm³/mol. The largest absolute Gasteiger partial charge is 0.480 e. The van der Waals surface area contributed by atoms with Crippen LogP contribution in [0.2, 0.25) is 0 Å². The summed E-state index contributed by atoms with van der Waals surface area (Å²) < 4.78 is 109. The molecule has 0 atom stereocenters. The number of alkyl halides is 6. The third kappa shape index (κ3) is 4.81. The van der Waals surface area contributed by atoms with E-state index in [0.29, 0.717) is 0 Å². The number of aromatic nitrogens is 2. The molecule has 1 heterocycles. The first kappa shape index (κ1) is 20.2. The van der Waals surface area contributed by atoms with E-state index in [1.54, 1.807) is 0 Å². The Hall–Kier alpha value is -1.87. The van der Waals surface area contributed by atoms with Gasteiger partial charge in [-0.1, -0.05) is 12.1 Å². The molecule has 0 aliphatic carbocycles. The third-order valence-electron chi connectivity index (χ3n) is 2.16. The van der Waals surface area contributed by atoms with Crippen LogP contribution in [0.15, 0.2) is 30.6 Å². The second-order valence-corrected chi connectivity index (χ2v) is 7.32. The monoisotopic (exact) mass is 399 g/mol. The Kier molecular flexibility index (Phi) is 5.51. The molecule has 0 fully saturated rings. The first-order valence-corrected chi connectivity index (χ1v) is 8.36. The van der Waals surface area contributed by atoms with Gasteiger partial charge in [0, 0.05) is 0 Å². The zero-order chi connectivity index (χ0) is 18.8. The molecule has 15 heteroatoms. The fourth-order valence-electron chi connectivity index (χ4n) is 1.14. The van der Waals surface area contributed by atoms with Crippen molar-refractivity contribution < 1.29 is 48.2 Å². The third-order valence-corrected chi connectivity index (χ3v) is 4.90. The summed E-state index contributed by atoms with van der Waals surface area (Å²) in [5.41, 5.74) is -10.1. The molecule has 2 aromatic rings. The van der Waals surface area contributed by atoms with Crippen LogP contribution in [0.25, 0.3) is 15.2 Å². The van der Waals surface area contributed by atoms with Gasteiger partial charge in [-0.15, -0.1) is 0 Å². The second-order valence-electron chi connectivity index (χ2n) is 3.89. The van der Waals surface area contributed by atoms with Crippen molar-refractivity contribution in [3.63, 3.8) is 0 Å². The molecular formula is C9H7F6N3O4S2. The van der Waals surface area contributed by atoms with Crippen LogP contribution in [0.5, 0.6) is 0 Å². The van der Waals surface area contributed by atoms with Gasteiger partial charge in [-0.2, -0.15) is 26.3 Å². The van der Waals surface area contributed by atoms with Crippen LogP contribution in [0.1, 0.15) is 0 Å². The minimum Gasteiger partial charge on any atom is -0.421 e. The average Bonchev–Trinajstić information content (AvgIpc) is 2.83. The Labute approximate surface area is 130 Å². The van der Waals surface area contributed by atoms with E-state index in [1.807, 2.05) is 30.6 Å². The molecule has 0 aliphatic rings. The number of aromatic amines is 2. The zero-order valence-corrected chi connectivity index (χ0v) is 12.7. The molecule has 24 heavy (non-hydrogen) atoms. The van der Waals surface area contributed by atoms with Crippen LogP contribution in [0.3, 0.4) is 0 Å². The standard InChI is InChI=1S/C7H6N2.C2F6NO4S2/c1-2-4-7-6(3-1)8-5-9-7;3-1(4,5)14(10,11)9-15(12,13)2(6,7)8/h1-5H,(H,8,9);/q;-1/p+1. The summed E-state index contributed by atoms with van der Waals surface area (Å²) in [6.45, 7) is 0. The number of imidazole rings is 1. The molecule has 0 saturated heterocycles. The topological polar surface area (TPSA) is 112 Å². The number of hydrogen-bond acceptors (Lipinski definition) is 4. The maximum Gasteiger partial charge on any atom is 0.480 e. The normalized spacial score (nSPS) is 13.4. The molecule has 2 rings (SSSR count). The van der Waals surface area contributed by atoms with Crippen molar-refractivity contribution in [1.82, 2.24) is 4.98 Å². The van der Waals surface area contributed by atoms with Crippen molar-refractivity contribution in [3.05, 3.63) is 34.7 Å². The van der Waals surface area contributed by atoms with Crippen molar-refractivity contribution in [3.8, 4) is 0 Å². The summed E-state index contributed by atoms with van der Waals surface area (Å²) in [6.07, 6.45) is 1.82. The summed E-state index contributed by atoms with van der Waals surface area (Å²) in [5.74, 6) is 0. The number of fused-ring (bicyclic) bond motifs is 1. The van der Waals surface area contributed by atoms with Gasteiger partial charge in [0.1, 0.15) is 0 Å². The fraction of sp³-hybridized carbons (Fsp3) is 0.222. The summed E-state index contributed by atoms with van der Waals surface area (Å²) in [5, 5.41) is 0. The summed E-state index contributed by atoms with van der Waals surface area (Å²) in [4.78, 5) is 6.13. The van der Waals surface area contributed by atoms with Gasteiger partial charge in [0.25, 0.3) is 0 Å². The van der Waals surface area contributed by atoms with Crippen molar-refractivity contribution in [2.24, 2.45) is 0 Å². The van der Waals surface area contributed by atoms with Crippen LogP contribution in [-0.4, -0.2) is 32.8 Å². The minimum absolute atomic E-state index is 0.778. The summed E-state index contributed by atoms with van der Waals surface area (Å²) in [6, 6.07) is 8.08. The van der Waals surface area contributed by atoms with E-state index >= 15 is 0 Å². The van der Waals surface area contributed by atoms with E-state index in [4.69, 9.17) is 0 Å². The Bertz CT molecular complexity index is 829. The Balaban J connectivity index is 0.000000267. The SMILES string of the molecule is O=S(=O)([N-]S(=O)(=O)C(F)(F)F)C(F)(F)F.c1ccc2[nH+]c[nH]c2c1. The number of halogens is 6. The lowest BCUT2D eigenvalue weighted by Gasteiger charge is -2.22. The maximum absolute atomic E-state index is 11.4. The molecule has 0 spiro atoms. The highest BCUT2D eigenvalue weighted by Crippen LogP contribution is 2.36. The highest BCUT2D eigenvalue weighted by atomic mass is 32.3. The smallest absolute Gasteiger partial charge is 0.421 e. The second kappa shape index (κ2) is 6.56. The summed E-state index contributed by atoms with van der Waals surface area (Å²) in [7, 11) is -13.4. The quantitative estimate of drug-likeness (QED) is 0.779. The highest BCUT2D eigenvalue weighted by Gasteiger charge is 2.46. The van der Waals surface area contributed by atoms with E-state index in [0.717, 1.165) is 15.2 Å². The Morgan fingerprint density at radius 2 is 1.33 bits per heavy atom. The lowest BCUT2D eigenvalue weighted by molar-refractivity contribution is -0.344. The van der Waals surface area contributed by atoms with Crippen molar-refractivity contribution in [2.75, 3.05) is 0 Å². The van der Waals surface area contributed by atoms with Crippen LogP contribution < -0.4 is 4.98 Å². The van der Waals surface area contributed by atoms with Gasteiger partial charge in [0.05, 0.1) is 0 Å². The van der Waals surface area contributed by atoms with Crippen molar-refractivity contribution >= 4 is 31.1 Å². The van der Waals surface area contributed by atoms with E-state index in [-0.39, 0.29) is 0 Å². The molecule has 7 nitrogen and oxygen atoms in total. The van der Waals surface area contributed by atoms with Gasteiger partial charge in [-0.25, -0.2) is 26.8 Å². The van der Waals surface area contributed by atoms with E-state index in [1.165, 1.54) is 0 Å². The van der Waals surface area contributed by atoms with Crippen molar-refractivity contribution in [2.45, 2.75) is 11.0 Å². The molecule has 0 amide bonds. The Morgan fingerprint density at radius 3 is 1.75 bits per heavy atom. The number of para-hydroxylation sites is 2. The van der Waals surface area contributed by atoms with E-state index in [2.05, 4.69) is 9.97 Å². The fourth-order valence-corrected chi connectivity index (χ4v) is 2.85. The molecule has 0 saturated carbocycles. The lowest BCUT2D eigenvalue weighted by Crippen LogP contribution is -2.30. The molecule has 0 radical (unpaired) electrons.